The van der Waals surface area contributed by atoms with E-state index >= 15 is 0 Å². The monoisotopic (exact) mass is 345 g/mol. The molecule has 1 aromatic heterocycles. The van der Waals surface area contributed by atoms with Crippen LogP contribution in [0.25, 0.3) is 11.3 Å². The van der Waals surface area contributed by atoms with Crippen LogP contribution in [0.4, 0.5) is 5.13 Å². The van der Waals surface area contributed by atoms with Gasteiger partial charge in [-0.2, -0.15) is 5.26 Å². The molecule has 0 fully saturated rings. The van der Waals surface area contributed by atoms with Crippen LogP contribution in [0, 0.1) is 11.3 Å². The molecule has 1 N–H and O–H groups in total. The molecular formula is C17H19N3OS2. The molecule has 0 bridgehead atoms. The molecule has 2 rings (SSSR count). The van der Waals surface area contributed by atoms with Gasteiger partial charge in [0, 0.05) is 10.9 Å². The van der Waals surface area contributed by atoms with Gasteiger partial charge in [0.25, 0.3) is 0 Å². The van der Waals surface area contributed by atoms with Gasteiger partial charge in [0.2, 0.25) is 5.91 Å². The van der Waals surface area contributed by atoms with Crippen LogP contribution >= 0.6 is 23.1 Å². The first-order chi connectivity index (χ1) is 11.1. The maximum Gasteiger partial charge on any atom is 0.236 e. The van der Waals surface area contributed by atoms with Gasteiger partial charge in [-0.05, 0) is 17.9 Å². The number of hydrogen-bond donors (Lipinski definition) is 1. The number of nitriles is 1. The summed E-state index contributed by atoms with van der Waals surface area (Å²) in [6, 6.07) is 10.4. The number of aromatic nitrogens is 1. The van der Waals surface area contributed by atoms with Crippen LogP contribution in [-0.2, 0) is 4.79 Å². The first-order valence-corrected chi connectivity index (χ1v) is 9.48. The molecule has 1 unspecified atom stereocenters. The van der Waals surface area contributed by atoms with Crippen LogP contribution in [0.15, 0.2) is 29.6 Å². The lowest BCUT2D eigenvalue weighted by Crippen LogP contribution is -2.14. The Morgan fingerprint density at radius 1 is 1.43 bits per heavy atom. The Morgan fingerprint density at radius 3 is 2.83 bits per heavy atom. The minimum atomic E-state index is -0.127. The average molecular weight is 345 g/mol. The second kappa shape index (κ2) is 8.70. The van der Waals surface area contributed by atoms with Crippen LogP contribution in [0.3, 0.4) is 0 Å². The van der Waals surface area contributed by atoms with Crippen molar-refractivity contribution in [1.82, 2.24) is 4.98 Å². The Kier molecular flexibility index (Phi) is 6.63. The van der Waals surface area contributed by atoms with Gasteiger partial charge >= 0.3 is 0 Å². The van der Waals surface area contributed by atoms with E-state index in [1.165, 1.54) is 28.7 Å². The van der Waals surface area contributed by atoms with Gasteiger partial charge in [0.15, 0.2) is 5.13 Å². The Hall–Kier alpha value is -1.84. The molecular weight excluding hydrogens is 326 g/mol. The van der Waals surface area contributed by atoms with Crippen molar-refractivity contribution in [3.05, 3.63) is 35.2 Å². The minimum absolute atomic E-state index is 0.127. The number of carbonyl (C=O) groups is 1. The van der Waals surface area contributed by atoms with E-state index in [1.54, 1.807) is 0 Å². The molecule has 0 aliphatic heterocycles. The molecule has 2 aromatic rings. The molecule has 0 aliphatic carbocycles. The van der Waals surface area contributed by atoms with Crippen LogP contribution < -0.4 is 5.32 Å². The highest BCUT2D eigenvalue weighted by molar-refractivity contribution is 8.00. The summed E-state index contributed by atoms with van der Waals surface area (Å²) >= 11 is 2.70. The summed E-state index contributed by atoms with van der Waals surface area (Å²) < 4.78 is 0. The molecule has 4 nitrogen and oxygen atoms in total. The minimum Gasteiger partial charge on any atom is -0.301 e. The Balaban J connectivity index is 1.99. The largest absolute Gasteiger partial charge is 0.301 e. The zero-order valence-electron chi connectivity index (χ0n) is 13.2. The number of hydrogen-bond acceptors (Lipinski definition) is 5. The van der Waals surface area contributed by atoms with Crippen molar-refractivity contribution in [3.8, 4) is 17.3 Å². The van der Waals surface area contributed by atoms with Crippen LogP contribution in [-0.4, -0.2) is 22.4 Å². The van der Waals surface area contributed by atoms with Crippen molar-refractivity contribution in [3.63, 3.8) is 0 Å². The van der Waals surface area contributed by atoms with E-state index in [1.807, 2.05) is 11.4 Å². The summed E-state index contributed by atoms with van der Waals surface area (Å²) in [7, 11) is 0. The maximum absolute atomic E-state index is 11.7. The molecule has 120 valence electrons. The Labute approximate surface area is 144 Å². The highest BCUT2D eigenvalue weighted by Crippen LogP contribution is 2.27. The normalized spacial score (nSPS) is 11.7. The second-order valence-electron chi connectivity index (χ2n) is 5.17. The van der Waals surface area contributed by atoms with Crippen LogP contribution in [0.1, 0.15) is 31.7 Å². The SMILES string of the molecule is CCC(C)c1ccc(-c2csc(NC(=O)CSCC#N)n2)cc1. The first-order valence-electron chi connectivity index (χ1n) is 7.44. The standard InChI is InChI=1S/C17H19N3OS2/c1-3-12(2)13-4-6-14(7-5-13)15-10-23-17(19-15)20-16(21)11-22-9-8-18/h4-7,10,12H,3,9,11H2,1-2H3,(H,19,20,21). The number of rotatable bonds is 7. The van der Waals surface area contributed by atoms with Crippen LogP contribution in [0.5, 0.6) is 0 Å². The quantitative estimate of drug-likeness (QED) is 0.749. The van der Waals surface area contributed by atoms with Gasteiger partial charge in [-0.25, -0.2) is 4.98 Å². The van der Waals surface area contributed by atoms with Crippen molar-refractivity contribution in [2.75, 3.05) is 16.8 Å². The maximum atomic E-state index is 11.7. The first kappa shape index (κ1) is 17.5. The number of anilines is 1. The number of thiazole rings is 1. The fourth-order valence-corrected chi connectivity index (χ4v) is 3.21. The van der Waals surface area contributed by atoms with E-state index in [9.17, 15) is 4.79 Å². The van der Waals surface area contributed by atoms with Crippen LogP contribution in [0.2, 0.25) is 0 Å². The third-order valence-corrected chi connectivity index (χ3v) is 5.10. The fourth-order valence-electron chi connectivity index (χ4n) is 2.03. The zero-order valence-corrected chi connectivity index (χ0v) is 14.8. The lowest BCUT2D eigenvalue weighted by Gasteiger charge is -2.08. The summed E-state index contributed by atoms with van der Waals surface area (Å²) in [5, 5.41) is 13.8. The molecule has 0 saturated heterocycles. The number of amides is 1. The molecule has 1 amide bonds. The Morgan fingerprint density at radius 2 is 2.17 bits per heavy atom. The summed E-state index contributed by atoms with van der Waals surface area (Å²) in [5.74, 6) is 1.02. The number of benzene rings is 1. The second-order valence-corrected chi connectivity index (χ2v) is 7.01. The molecule has 0 aliphatic rings. The van der Waals surface area contributed by atoms with Crippen molar-refractivity contribution in [2.45, 2.75) is 26.2 Å². The van der Waals surface area contributed by atoms with E-state index in [0.29, 0.717) is 16.8 Å². The van der Waals surface area contributed by atoms with Crippen molar-refractivity contribution < 1.29 is 4.79 Å². The summed E-state index contributed by atoms with van der Waals surface area (Å²) in [6.07, 6.45) is 1.12. The van der Waals surface area contributed by atoms with Gasteiger partial charge in [-0.3, -0.25) is 4.79 Å². The predicted octanol–water partition coefficient (Wildman–Crippen LogP) is 4.52. The van der Waals surface area contributed by atoms with Crippen molar-refractivity contribution >= 4 is 34.1 Å². The average Bonchev–Trinajstić information content (AvgIpc) is 3.03. The summed E-state index contributed by atoms with van der Waals surface area (Å²) in [5.41, 5.74) is 3.24. The molecule has 0 spiro atoms. The molecule has 1 atom stereocenters. The number of nitrogens with one attached hydrogen (secondary N) is 1. The zero-order chi connectivity index (χ0) is 16.7. The lowest BCUT2D eigenvalue weighted by atomic mass is 9.97. The van der Waals surface area contributed by atoms with Gasteiger partial charge < -0.3 is 5.32 Å². The van der Waals surface area contributed by atoms with Gasteiger partial charge in [0.1, 0.15) is 0 Å². The van der Waals surface area contributed by atoms with Gasteiger partial charge in [-0.15, -0.1) is 23.1 Å². The topological polar surface area (TPSA) is 65.8 Å². The predicted molar refractivity (Wildman–Crippen MR) is 97.8 cm³/mol. The van der Waals surface area contributed by atoms with E-state index in [-0.39, 0.29) is 11.7 Å². The third-order valence-electron chi connectivity index (χ3n) is 3.54. The number of nitrogens with zero attached hydrogens (tertiary/aromatic N) is 2. The molecule has 0 radical (unpaired) electrons. The lowest BCUT2D eigenvalue weighted by molar-refractivity contribution is -0.113. The molecule has 0 saturated carbocycles. The third kappa shape index (κ3) is 5.08. The molecule has 6 heteroatoms. The van der Waals surface area contributed by atoms with E-state index in [2.05, 4.69) is 48.4 Å². The molecule has 23 heavy (non-hydrogen) atoms. The molecule has 1 aromatic carbocycles. The highest BCUT2D eigenvalue weighted by atomic mass is 32.2. The van der Waals surface area contributed by atoms with E-state index in [4.69, 9.17) is 5.26 Å². The molecule has 1 heterocycles. The fraction of sp³-hybridized carbons (Fsp3) is 0.353. The van der Waals surface area contributed by atoms with Crippen molar-refractivity contribution in [2.24, 2.45) is 0 Å². The number of thioether (sulfide) groups is 1. The van der Waals surface area contributed by atoms with Gasteiger partial charge in [-0.1, -0.05) is 38.1 Å². The van der Waals surface area contributed by atoms with Crippen molar-refractivity contribution in [1.29, 1.82) is 5.26 Å². The van der Waals surface area contributed by atoms with Gasteiger partial charge in [0.05, 0.1) is 23.3 Å². The van der Waals surface area contributed by atoms with E-state index < -0.39 is 0 Å². The highest BCUT2D eigenvalue weighted by Gasteiger charge is 2.09. The summed E-state index contributed by atoms with van der Waals surface area (Å²) in [6.45, 7) is 4.40. The van der Waals surface area contributed by atoms with E-state index in [0.717, 1.165) is 17.7 Å². The number of carbonyl (C=O) groups excluding carboxylic acids is 1. The Bertz CT molecular complexity index is 689. The smallest absolute Gasteiger partial charge is 0.236 e. The summed E-state index contributed by atoms with van der Waals surface area (Å²) in [4.78, 5) is 16.2.